The molecule has 0 amide bonds. The zero-order valence-electron chi connectivity index (χ0n) is 12.0. The Kier molecular flexibility index (Phi) is 4.75. The van der Waals surface area contributed by atoms with E-state index >= 15 is 0 Å². The van der Waals surface area contributed by atoms with Gasteiger partial charge in [-0.1, -0.05) is 23.2 Å². The summed E-state index contributed by atoms with van der Waals surface area (Å²) in [5, 5.41) is 0.708. The number of nitrogens with one attached hydrogen (secondary N) is 1. The molecule has 2 aromatic rings. The molecule has 0 saturated heterocycles. The van der Waals surface area contributed by atoms with Crippen molar-refractivity contribution < 1.29 is 8.42 Å². The lowest BCUT2D eigenvalue weighted by Crippen LogP contribution is -2.14. The van der Waals surface area contributed by atoms with Gasteiger partial charge in [0.15, 0.2) is 0 Å². The van der Waals surface area contributed by atoms with Crippen molar-refractivity contribution in [3.63, 3.8) is 0 Å². The van der Waals surface area contributed by atoms with E-state index in [4.69, 9.17) is 28.9 Å². The molecule has 0 aromatic heterocycles. The van der Waals surface area contributed by atoms with Gasteiger partial charge in [-0.3, -0.25) is 4.72 Å². The Morgan fingerprint density at radius 3 is 2.00 bits per heavy atom. The molecule has 0 heterocycles. The predicted octanol–water partition coefficient (Wildman–Crippen LogP) is 3.44. The van der Waals surface area contributed by atoms with Crippen molar-refractivity contribution in [2.45, 2.75) is 4.90 Å². The lowest BCUT2D eigenvalue weighted by molar-refractivity contribution is 0.601. The van der Waals surface area contributed by atoms with Gasteiger partial charge in [0.25, 0.3) is 10.0 Å². The summed E-state index contributed by atoms with van der Waals surface area (Å²) in [6.45, 7) is 0. The Labute approximate surface area is 139 Å². The van der Waals surface area contributed by atoms with Gasteiger partial charge in [0, 0.05) is 19.8 Å². The Hall–Kier alpha value is -1.63. The molecule has 22 heavy (non-hydrogen) atoms. The zero-order chi connectivity index (χ0) is 16.5. The number of anilines is 3. The third kappa shape index (κ3) is 3.58. The van der Waals surface area contributed by atoms with Crippen LogP contribution in [0, 0.1) is 0 Å². The zero-order valence-corrected chi connectivity index (χ0v) is 14.3. The standard InChI is InChI=1S/C14H15Cl2N3O2S/c1-19(2)14-12(15)7-10(8-13(14)16)18-22(20,21)11-5-3-9(17)4-6-11/h3-8,18H,17H2,1-2H3. The van der Waals surface area contributed by atoms with E-state index in [1.165, 1.54) is 36.4 Å². The molecule has 0 unspecified atom stereocenters. The first-order chi connectivity index (χ1) is 10.2. The molecule has 2 rings (SSSR count). The number of sulfonamides is 1. The second-order valence-electron chi connectivity index (χ2n) is 4.86. The van der Waals surface area contributed by atoms with E-state index in [2.05, 4.69) is 4.72 Å². The van der Waals surface area contributed by atoms with Gasteiger partial charge in [-0.2, -0.15) is 0 Å². The molecule has 0 spiro atoms. The fraction of sp³-hybridized carbons (Fsp3) is 0.143. The SMILES string of the molecule is CN(C)c1c(Cl)cc(NS(=O)(=O)c2ccc(N)cc2)cc1Cl. The predicted molar refractivity (Wildman–Crippen MR) is 92.5 cm³/mol. The number of nitrogens with two attached hydrogens (primary N) is 1. The van der Waals surface area contributed by atoms with E-state index in [9.17, 15) is 8.42 Å². The topological polar surface area (TPSA) is 75.4 Å². The van der Waals surface area contributed by atoms with Crippen molar-refractivity contribution in [2.24, 2.45) is 0 Å². The molecular formula is C14H15Cl2N3O2S. The molecule has 0 aliphatic heterocycles. The van der Waals surface area contributed by atoms with Gasteiger partial charge >= 0.3 is 0 Å². The van der Waals surface area contributed by atoms with Gasteiger partial charge in [0.1, 0.15) is 0 Å². The van der Waals surface area contributed by atoms with Crippen LogP contribution in [0.1, 0.15) is 0 Å². The average molecular weight is 360 g/mol. The second kappa shape index (κ2) is 6.24. The molecule has 2 aromatic carbocycles. The molecule has 0 saturated carbocycles. The van der Waals surface area contributed by atoms with Gasteiger partial charge in [0.2, 0.25) is 0 Å². The Morgan fingerprint density at radius 1 is 1.05 bits per heavy atom. The van der Waals surface area contributed by atoms with Gasteiger partial charge in [0.05, 0.1) is 26.3 Å². The van der Waals surface area contributed by atoms with Gasteiger partial charge in [-0.05, 0) is 36.4 Å². The van der Waals surface area contributed by atoms with Crippen LogP contribution in [-0.2, 0) is 10.0 Å². The molecule has 0 aliphatic rings. The van der Waals surface area contributed by atoms with E-state index in [0.29, 0.717) is 21.4 Å². The molecule has 0 bridgehead atoms. The number of rotatable bonds is 4. The normalized spacial score (nSPS) is 11.3. The molecule has 5 nitrogen and oxygen atoms in total. The molecule has 0 atom stereocenters. The summed E-state index contributed by atoms with van der Waals surface area (Å²) in [7, 11) is -0.139. The largest absolute Gasteiger partial charge is 0.399 e. The number of hydrogen-bond acceptors (Lipinski definition) is 4. The van der Waals surface area contributed by atoms with Crippen molar-refractivity contribution in [2.75, 3.05) is 29.5 Å². The van der Waals surface area contributed by atoms with E-state index in [1.54, 1.807) is 19.0 Å². The van der Waals surface area contributed by atoms with Crippen molar-refractivity contribution in [1.82, 2.24) is 0 Å². The Balaban J connectivity index is 2.36. The van der Waals surface area contributed by atoms with Gasteiger partial charge < -0.3 is 10.6 Å². The van der Waals surface area contributed by atoms with Crippen LogP contribution in [0.2, 0.25) is 10.0 Å². The van der Waals surface area contributed by atoms with E-state index < -0.39 is 10.0 Å². The number of hydrogen-bond donors (Lipinski definition) is 2. The van der Waals surface area contributed by atoms with E-state index in [-0.39, 0.29) is 10.6 Å². The Bertz CT molecular complexity index is 767. The first kappa shape index (κ1) is 16.7. The maximum atomic E-state index is 12.3. The maximum Gasteiger partial charge on any atom is 0.261 e. The summed E-state index contributed by atoms with van der Waals surface area (Å²) < 4.78 is 27.1. The highest BCUT2D eigenvalue weighted by Crippen LogP contribution is 2.36. The monoisotopic (exact) mass is 359 g/mol. The molecule has 0 fully saturated rings. The molecule has 118 valence electrons. The quantitative estimate of drug-likeness (QED) is 0.819. The van der Waals surface area contributed by atoms with Crippen molar-refractivity contribution in [3.8, 4) is 0 Å². The summed E-state index contributed by atoms with van der Waals surface area (Å²) in [5.41, 5.74) is 6.95. The van der Waals surface area contributed by atoms with E-state index in [1.807, 2.05) is 0 Å². The van der Waals surface area contributed by atoms with Crippen LogP contribution < -0.4 is 15.4 Å². The van der Waals surface area contributed by atoms with Crippen LogP contribution >= 0.6 is 23.2 Å². The fourth-order valence-corrected chi connectivity index (χ4v) is 3.78. The Morgan fingerprint density at radius 2 is 1.55 bits per heavy atom. The highest BCUT2D eigenvalue weighted by atomic mass is 35.5. The minimum atomic E-state index is -3.73. The number of benzene rings is 2. The number of halogens is 2. The van der Waals surface area contributed by atoms with Crippen molar-refractivity contribution in [3.05, 3.63) is 46.4 Å². The van der Waals surface area contributed by atoms with Crippen LogP contribution in [0.15, 0.2) is 41.3 Å². The summed E-state index contributed by atoms with van der Waals surface area (Å²) in [5.74, 6) is 0. The molecular weight excluding hydrogens is 345 g/mol. The average Bonchev–Trinajstić information content (AvgIpc) is 2.37. The van der Waals surface area contributed by atoms with Crippen LogP contribution in [0.4, 0.5) is 17.1 Å². The highest BCUT2D eigenvalue weighted by molar-refractivity contribution is 7.92. The third-order valence-electron chi connectivity index (χ3n) is 2.91. The molecule has 3 N–H and O–H groups in total. The second-order valence-corrected chi connectivity index (χ2v) is 7.35. The summed E-state index contributed by atoms with van der Waals surface area (Å²) in [6.07, 6.45) is 0. The highest BCUT2D eigenvalue weighted by Gasteiger charge is 2.16. The smallest absolute Gasteiger partial charge is 0.261 e. The third-order valence-corrected chi connectivity index (χ3v) is 4.88. The van der Waals surface area contributed by atoms with Crippen LogP contribution in [0.5, 0.6) is 0 Å². The van der Waals surface area contributed by atoms with Crippen molar-refractivity contribution in [1.29, 1.82) is 0 Å². The van der Waals surface area contributed by atoms with Crippen LogP contribution in [0.25, 0.3) is 0 Å². The first-order valence-corrected chi connectivity index (χ1v) is 8.49. The number of nitrogens with zero attached hydrogens (tertiary/aromatic N) is 1. The van der Waals surface area contributed by atoms with E-state index in [0.717, 1.165) is 0 Å². The number of nitrogen functional groups attached to an aromatic ring is 1. The minimum Gasteiger partial charge on any atom is -0.399 e. The summed E-state index contributed by atoms with van der Waals surface area (Å²) in [6, 6.07) is 8.91. The van der Waals surface area contributed by atoms with Crippen LogP contribution in [-0.4, -0.2) is 22.5 Å². The maximum absolute atomic E-state index is 12.3. The lowest BCUT2D eigenvalue weighted by atomic mass is 10.2. The van der Waals surface area contributed by atoms with Crippen molar-refractivity contribution >= 4 is 50.3 Å². The lowest BCUT2D eigenvalue weighted by Gasteiger charge is -2.18. The van der Waals surface area contributed by atoms with Crippen LogP contribution in [0.3, 0.4) is 0 Å². The fourth-order valence-electron chi connectivity index (χ4n) is 1.91. The van der Waals surface area contributed by atoms with Gasteiger partial charge in [-0.15, -0.1) is 0 Å². The summed E-state index contributed by atoms with van der Waals surface area (Å²) >= 11 is 12.3. The molecule has 0 aliphatic carbocycles. The first-order valence-electron chi connectivity index (χ1n) is 6.25. The molecule has 8 heteroatoms. The molecule has 0 radical (unpaired) electrons. The summed E-state index contributed by atoms with van der Waals surface area (Å²) in [4.78, 5) is 1.86. The minimum absolute atomic E-state index is 0.102. The van der Waals surface area contributed by atoms with Gasteiger partial charge in [-0.25, -0.2) is 8.42 Å².